The molecule has 1 spiro atoms. The van der Waals surface area contributed by atoms with Crippen molar-refractivity contribution in [2.45, 2.75) is 18.8 Å². The molecule has 1 atom stereocenters. The Morgan fingerprint density at radius 1 is 1.29 bits per heavy atom. The van der Waals surface area contributed by atoms with E-state index >= 15 is 0 Å². The van der Waals surface area contributed by atoms with Gasteiger partial charge in [-0.1, -0.05) is 18.2 Å². The van der Waals surface area contributed by atoms with E-state index in [0.717, 1.165) is 30.8 Å². The molecule has 3 heteroatoms. The Hall–Kier alpha value is -1.06. The molecule has 3 nitrogen and oxygen atoms in total. The van der Waals surface area contributed by atoms with Crippen LogP contribution in [0.3, 0.4) is 0 Å². The first-order valence-electron chi connectivity index (χ1n) is 5.00. The summed E-state index contributed by atoms with van der Waals surface area (Å²) in [6, 6.07) is 8.07. The quantitative estimate of drug-likeness (QED) is 0.670. The van der Waals surface area contributed by atoms with Gasteiger partial charge in [-0.3, -0.25) is 0 Å². The molecule has 2 aliphatic heterocycles. The summed E-state index contributed by atoms with van der Waals surface area (Å²) in [5, 5.41) is 3.26. The second kappa shape index (κ2) is 2.97. The van der Waals surface area contributed by atoms with Gasteiger partial charge in [-0.2, -0.15) is 0 Å². The van der Waals surface area contributed by atoms with Gasteiger partial charge in [-0.05, 0) is 6.07 Å². The Labute approximate surface area is 83.0 Å². The van der Waals surface area contributed by atoms with Crippen LogP contribution in [0.1, 0.15) is 12.0 Å². The first kappa shape index (κ1) is 8.26. The minimum absolute atomic E-state index is 0.394. The lowest BCUT2D eigenvalue weighted by Gasteiger charge is -2.34. The smallest absolute Gasteiger partial charge is 0.224 e. The van der Waals surface area contributed by atoms with Crippen LogP contribution in [-0.2, 0) is 11.3 Å². The molecule has 0 saturated carbocycles. The lowest BCUT2D eigenvalue weighted by molar-refractivity contribution is -0.191. The third kappa shape index (κ3) is 1.21. The highest BCUT2D eigenvalue weighted by atomic mass is 16.7. The van der Waals surface area contributed by atoms with Gasteiger partial charge < -0.3 is 14.8 Å². The molecule has 74 valence electrons. The molecule has 1 N–H and O–H groups in total. The SMILES string of the molecule is c1ccc2c(c1)COC1(CCNC1)O2. The summed E-state index contributed by atoms with van der Waals surface area (Å²) in [4.78, 5) is 0. The molecule has 3 rings (SSSR count). The molecule has 1 aromatic rings. The second-order valence-corrected chi connectivity index (χ2v) is 3.84. The summed E-state index contributed by atoms with van der Waals surface area (Å²) in [7, 11) is 0. The van der Waals surface area contributed by atoms with Crippen molar-refractivity contribution in [3.05, 3.63) is 29.8 Å². The standard InChI is InChI=1S/C11H13NO2/c1-2-4-10-9(3-1)7-13-11(14-10)5-6-12-8-11/h1-4,12H,5-8H2. The molecule has 1 fully saturated rings. The normalized spacial score (nSPS) is 30.0. The summed E-state index contributed by atoms with van der Waals surface area (Å²) >= 11 is 0. The van der Waals surface area contributed by atoms with Crippen molar-refractivity contribution in [2.75, 3.05) is 13.1 Å². The zero-order valence-electron chi connectivity index (χ0n) is 7.95. The summed E-state index contributed by atoms with van der Waals surface area (Å²) in [5.74, 6) is 0.580. The highest BCUT2D eigenvalue weighted by Crippen LogP contribution is 2.34. The van der Waals surface area contributed by atoms with Crippen LogP contribution in [0.5, 0.6) is 5.75 Å². The third-order valence-corrected chi connectivity index (χ3v) is 2.84. The van der Waals surface area contributed by atoms with E-state index in [9.17, 15) is 0 Å². The molecule has 2 aliphatic rings. The lowest BCUT2D eigenvalue weighted by Crippen LogP contribution is -2.43. The van der Waals surface area contributed by atoms with Crippen LogP contribution in [0.25, 0.3) is 0 Å². The van der Waals surface area contributed by atoms with E-state index in [2.05, 4.69) is 5.32 Å². The zero-order valence-corrected chi connectivity index (χ0v) is 7.95. The van der Waals surface area contributed by atoms with E-state index < -0.39 is 5.79 Å². The monoisotopic (exact) mass is 191 g/mol. The van der Waals surface area contributed by atoms with E-state index in [1.165, 1.54) is 0 Å². The Morgan fingerprint density at radius 3 is 3.07 bits per heavy atom. The molecular weight excluding hydrogens is 178 g/mol. The fourth-order valence-corrected chi connectivity index (χ4v) is 2.02. The van der Waals surface area contributed by atoms with Gasteiger partial charge in [0.05, 0.1) is 13.2 Å². The topological polar surface area (TPSA) is 30.5 Å². The lowest BCUT2D eigenvalue weighted by atomic mass is 10.1. The Bertz CT molecular complexity index is 345. The molecule has 0 aromatic heterocycles. The van der Waals surface area contributed by atoms with Crippen LogP contribution in [0.15, 0.2) is 24.3 Å². The number of fused-ring (bicyclic) bond motifs is 1. The van der Waals surface area contributed by atoms with E-state index in [4.69, 9.17) is 9.47 Å². The van der Waals surface area contributed by atoms with Gasteiger partial charge in [-0.15, -0.1) is 0 Å². The zero-order chi connectivity index (χ0) is 9.43. The molecule has 0 radical (unpaired) electrons. The van der Waals surface area contributed by atoms with Crippen LogP contribution in [0.2, 0.25) is 0 Å². The molecule has 0 bridgehead atoms. The Balaban J connectivity index is 1.92. The minimum atomic E-state index is -0.394. The van der Waals surface area contributed by atoms with Crippen molar-refractivity contribution >= 4 is 0 Å². The molecule has 0 aliphatic carbocycles. The number of hydrogen-bond acceptors (Lipinski definition) is 3. The fraction of sp³-hybridized carbons (Fsp3) is 0.455. The molecule has 14 heavy (non-hydrogen) atoms. The van der Waals surface area contributed by atoms with Crippen LogP contribution in [0.4, 0.5) is 0 Å². The van der Waals surface area contributed by atoms with Crippen molar-refractivity contribution in [2.24, 2.45) is 0 Å². The first-order chi connectivity index (χ1) is 6.88. The number of para-hydroxylation sites is 1. The van der Waals surface area contributed by atoms with Gasteiger partial charge in [-0.25, -0.2) is 0 Å². The summed E-state index contributed by atoms with van der Waals surface area (Å²) in [6.45, 7) is 2.43. The van der Waals surface area contributed by atoms with Gasteiger partial charge in [0.25, 0.3) is 0 Å². The predicted molar refractivity (Wildman–Crippen MR) is 52.1 cm³/mol. The van der Waals surface area contributed by atoms with Crippen molar-refractivity contribution < 1.29 is 9.47 Å². The van der Waals surface area contributed by atoms with E-state index in [-0.39, 0.29) is 0 Å². The minimum Gasteiger partial charge on any atom is -0.461 e. The van der Waals surface area contributed by atoms with Gasteiger partial charge in [0.1, 0.15) is 5.75 Å². The van der Waals surface area contributed by atoms with Crippen molar-refractivity contribution in [1.29, 1.82) is 0 Å². The molecule has 2 heterocycles. The van der Waals surface area contributed by atoms with Crippen LogP contribution >= 0.6 is 0 Å². The van der Waals surface area contributed by atoms with Crippen LogP contribution in [-0.4, -0.2) is 18.9 Å². The average Bonchev–Trinajstić information content (AvgIpc) is 2.66. The maximum absolute atomic E-state index is 5.90. The van der Waals surface area contributed by atoms with Crippen LogP contribution in [0, 0.1) is 0 Å². The Kier molecular flexibility index (Phi) is 1.75. The number of benzene rings is 1. The molecule has 1 aromatic carbocycles. The highest BCUT2D eigenvalue weighted by Gasteiger charge is 2.40. The van der Waals surface area contributed by atoms with Crippen LogP contribution < -0.4 is 10.1 Å². The molecule has 1 saturated heterocycles. The molecule has 1 unspecified atom stereocenters. The van der Waals surface area contributed by atoms with E-state index in [0.29, 0.717) is 6.61 Å². The van der Waals surface area contributed by atoms with Gasteiger partial charge >= 0.3 is 0 Å². The summed E-state index contributed by atoms with van der Waals surface area (Å²) in [6.07, 6.45) is 0.932. The number of nitrogens with one attached hydrogen (secondary N) is 1. The maximum Gasteiger partial charge on any atom is 0.224 e. The van der Waals surface area contributed by atoms with Gasteiger partial charge in [0, 0.05) is 18.5 Å². The summed E-state index contributed by atoms with van der Waals surface area (Å²) in [5.41, 5.74) is 1.14. The maximum atomic E-state index is 5.90. The third-order valence-electron chi connectivity index (χ3n) is 2.84. The van der Waals surface area contributed by atoms with Gasteiger partial charge in [0.2, 0.25) is 5.79 Å². The summed E-state index contributed by atoms with van der Waals surface area (Å²) < 4.78 is 11.7. The largest absolute Gasteiger partial charge is 0.461 e. The number of ether oxygens (including phenoxy) is 2. The van der Waals surface area contributed by atoms with Crippen molar-refractivity contribution in [3.8, 4) is 5.75 Å². The van der Waals surface area contributed by atoms with E-state index in [1.54, 1.807) is 0 Å². The van der Waals surface area contributed by atoms with E-state index in [1.807, 2.05) is 24.3 Å². The number of hydrogen-bond donors (Lipinski definition) is 1. The van der Waals surface area contributed by atoms with Crippen molar-refractivity contribution in [1.82, 2.24) is 5.32 Å². The fourth-order valence-electron chi connectivity index (χ4n) is 2.02. The Morgan fingerprint density at radius 2 is 2.21 bits per heavy atom. The van der Waals surface area contributed by atoms with Crippen molar-refractivity contribution in [3.63, 3.8) is 0 Å². The molecule has 0 amide bonds. The molecular formula is C11H13NO2. The highest BCUT2D eigenvalue weighted by molar-refractivity contribution is 5.34. The number of rotatable bonds is 0. The predicted octanol–water partition coefficient (Wildman–Crippen LogP) is 1.29. The van der Waals surface area contributed by atoms with Gasteiger partial charge in [0.15, 0.2) is 0 Å². The second-order valence-electron chi connectivity index (χ2n) is 3.84. The first-order valence-corrected chi connectivity index (χ1v) is 5.00. The average molecular weight is 191 g/mol.